The smallest absolute Gasteiger partial charge is 0.461 e. The van der Waals surface area contributed by atoms with Gasteiger partial charge in [0, 0.05) is 27.3 Å². The molecular weight excluding hydrogens is 869 g/mol. The molecule has 0 aliphatic carbocycles. The molecule has 6 heterocycles. The van der Waals surface area contributed by atoms with Gasteiger partial charge in [0.05, 0.1) is 26.3 Å². The van der Waals surface area contributed by atoms with Crippen LogP contribution in [-0.4, -0.2) is 122 Å². The molecule has 0 atom stereocenters. The van der Waals surface area contributed by atoms with Crippen LogP contribution in [0.3, 0.4) is 0 Å². The molecule has 0 bridgehead atoms. The number of nitrogens with two attached hydrogens (primary N) is 2. The van der Waals surface area contributed by atoms with Crippen LogP contribution in [0.4, 0.5) is 16.4 Å². The van der Waals surface area contributed by atoms with E-state index in [1.807, 2.05) is 9.13 Å². The zero-order chi connectivity index (χ0) is 47.8. The van der Waals surface area contributed by atoms with Crippen LogP contribution in [-0.2, 0) is 56.3 Å². The molecule has 0 spiro atoms. The number of carbonyl (C=O) groups is 1. The molecule has 6 aromatic rings. The van der Waals surface area contributed by atoms with Crippen molar-refractivity contribution in [2.24, 2.45) is 0 Å². The summed E-state index contributed by atoms with van der Waals surface area (Å²) in [5, 5.41) is 0. The lowest BCUT2D eigenvalue weighted by atomic mass is 10.1. The number of rotatable bonds is 20. The van der Waals surface area contributed by atoms with Gasteiger partial charge in [0.1, 0.15) is 13.2 Å². The molecule has 4 N–H and O–H groups in total. The minimum atomic E-state index is -1.39. The van der Waals surface area contributed by atoms with Crippen molar-refractivity contribution < 1.29 is 33.2 Å². The van der Waals surface area contributed by atoms with E-state index in [2.05, 4.69) is 68.3 Å². The number of aromatic nitrogens is 8. The van der Waals surface area contributed by atoms with Crippen LogP contribution in [0.25, 0.3) is 22.3 Å². The number of imidazole rings is 2. The molecule has 19 nitrogen and oxygen atoms in total. The fourth-order valence-corrected chi connectivity index (χ4v) is 9.08. The zero-order valence-electron chi connectivity index (χ0n) is 40.3. The van der Waals surface area contributed by atoms with Gasteiger partial charge in [0.2, 0.25) is 0 Å². The van der Waals surface area contributed by atoms with Gasteiger partial charge in [-0.2, -0.15) is 19.9 Å². The molecule has 2 aliphatic rings. The summed E-state index contributed by atoms with van der Waals surface area (Å²) in [5.74, 6) is 0.983. The number of hydrogen-bond donors (Lipinski definition) is 2. The lowest BCUT2D eigenvalue weighted by Crippen LogP contribution is -2.35. The summed E-state index contributed by atoms with van der Waals surface area (Å²) in [4.78, 5) is 47.5. The number of carbonyl (C=O) groups excluding carboxylic acids is 1. The van der Waals surface area contributed by atoms with Gasteiger partial charge in [0.15, 0.2) is 56.8 Å². The van der Waals surface area contributed by atoms with Crippen molar-refractivity contribution in [3.63, 3.8) is 0 Å². The first-order valence-electron chi connectivity index (χ1n) is 23.6. The highest BCUT2D eigenvalue weighted by Crippen LogP contribution is 2.35. The molecule has 19 heteroatoms. The van der Waals surface area contributed by atoms with Gasteiger partial charge >= 0.3 is 18.2 Å². The van der Waals surface area contributed by atoms with Crippen LogP contribution < -0.4 is 20.9 Å². The molecule has 8 rings (SSSR count). The average Bonchev–Trinajstić information content (AvgIpc) is 3.87. The number of nitrogen functional groups attached to an aromatic ring is 2. The van der Waals surface area contributed by atoms with Crippen molar-refractivity contribution in [2.75, 3.05) is 78.3 Å². The highest BCUT2D eigenvalue weighted by molar-refractivity contribution is 5.84. The fraction of sp³-hybridized carbons (Fsp3) is 0.531. The number of nitrogens with zero attached hydrogens (tertiary/aromatic N) is 10. The third kappa shape index (κ3) is 11.6. The van der Waals surface area contributed by atoms with Crippen molar-refractivity contribution in [1.82, 2.24) is 48.8 Å². The largest absolute Gasteiger partial charge is 0.510 e. The van der Waals surface area contributed by atoms with Crippen LogP contribution in [0.1, 0.15) is 100 Å². The standard InChI is InChI=1S/C49H66N12O7/c1-48(2,43-52-37-39(50)54-45(65-25-23-63-5)56-41(37)60(43)31-35-17-13-15-33(27-35)29-58-19-9-7-10-20-58)67-47(62)68-49(3,4)44-53-38-40(51)55-46(66-26-24-64-6)57-42(38)61(44)32-36-18-14-16-34(28-36)30-59-21-11-8-12-22-59/h13-18,27-28H,7-12,19-26,29-32H2,1-6H3,(H2,50,54,56)(H2,51,55,57). The van der Waals surface area contributed by atoms with E-state index in [0.717, 1.165) is 50.4 Å². The van der Waals surface area contributed by atoms with Gasteiger partial charge < -0.3 is 49.0 Å². The zero-order valence-corrected chi connectivity index (χ0v) is 40.3. The topological polar surface area (TPSA) is 218 Å². The van der Waals surface area contributed by atoms with Gasteiger partial charge in [0.25, 0.3) is 0 Å². The first-order valence-corrected chi connectivity index (χ1v) is 23.6. The Morgan fingerprint density at radius 1 is 0.544 bits per heavy atom. The van der Waals surface area contributed by atoms with E-state index in [4.69, 9.17) is 59.8 Å². The number of methoxy groups -OCH3 is 2. The van der Waals surface area contributed by atoms with Crippen molar-refractivity contribution >= 4 is 40.1 Å². The highest BCUT2D eigenvalue weighted by atomic mass is 16.7. The summed E-state index contributed by atoms with van der Waals surface area (Å²) < 4.78 is 38.3. The van der Waals surface area contributed by atoms with Gasteiger partial charge in [-0.05, 0) is 102 Å². The monoisotopic (exact) mass is 935 g/mol. The highest BCUT2D eigenvalue weighted by Gasteiger charge is 2.39. The van der Waals surface area contributed by atoms with E-state index >= 15 is 0 Å². The minimum absolute atomic E-state index is 0.0779. The van der Waals surface area contributed by atoms with E-state index in [9.17, 15) is 4.79 Å². The predicted molar refractivity (Wildman–Crippen MR) is 257 cm³/mol. The van der Waals surface area contributed by atoms with Crippen LogP contribution in [0.15, 0.2) is 48.5 Å². The number of piperidine rings is 2. The molecular formula is C49H66N12O7. The fourth-order valence-electron chi connectivity index (χ4n) is 9.08. The number of ether oxygens (including phenoxy) is 6. The van der Waals surface area contributed by atoms with Crippen molar-refractivity contribution in [3.05, 3.63) is 82.4 Å². The second-order valence-corrected chi connectivity index (χ2v) is 18.6. The van der Waals surface area contributed by atoms with E-state index < -0.39 is 17.4 Å². The second-order valence-electron chi connectivity index (χ2n) is 18.6. The lowest BCUT2D eigenvalue weighted by molar-refractivity contribution is -0.0701. The minimum Gasteiger partial charge on any atom is -0.461 e. The SMILES string of the molecule is COCCOc1nc(N)c2nc(C(C)(C)OC(=O)OC(C)(C)c3nc4c(N)nc(OCCOC)nc4n3Cc3cccc(CN4CCCCC4)c3)n(Cc3cccc(CN4CCCCC4)c3)c2n1. The maximum Gasteiger partial charge on any atom is 0.510 e. The Bertz CT molecular complexity index is 2490. The Balaban J connectivity index is 1.10. The number of likely N-dealkylation sites (tertiary alicyclic amines) is 2. The molecule has 4 aromatic heterocycles. The van der Waals surface area contributed by atoms with Gasteiger partial charge in [-0.1, -0.05) is 61.4 Å². The van der Waals surface area contributed by atoms with E-state index in [1.165, 1.54) is 49.7 Å². The van der Waals surface area contributed by atoms with Crippen molar-refractivity contribution in [1.29, 1.82) is 0 Å². The molecule has 2 aliphatic heterocycles. The molecule has 0 amide bonds. The van der Waals surface area contributed by atoms with E-state index in [1.54, 1.807) is 41.9 Å². The van der Waals surface area contributed by atoms with Gasteiger partial charge in [-0.25, -0.2) is 14.8 Å². The average molecular weight is 935 g/mol. The van der Waals surface area contributed by atoms with Crippen LogP contribution >= 0.6 is 0 Å². The lowest BCUT2D eigenvalue weighted by Gasteiger charge is -2.29. The van der Waals surface area contributed by atoms with E-state index in [0.29, 0.717) is 60.3 Å². The third-order valence-electron chi connectivity index (χ3n) is 12.4. The Morgan fingerprint density at radius 2 is 0.926 bits per heavy atom. The quantitative estimate of drug-likeness (QED) is 0.0611. The summed E-state index contributed by atoms with van der Waals surface area (Å²) in [6.07, 6.45) is 6.40. The van der Waals surface area contributed by atoms with Crippen molar-refractivity contribution in [3.8, 4) is 12.0 Å². The molecule has 0 saturated carbocycles. The second kappa shape index (κ2) is 21.4. The Kier molecular flexibility index (Phi) is 15.2. The molecule has 0 radical (unpaired) electrons. The number of hydrogen-bond acceptors (Lipinski definition) is 17. The predicted octanol–water partition coefficient (Wildman–Crippen LogP) is 6.57. The number of fused-ring (bicyclic) bond motifs is 2. The number of anilines is 2. The summed E-state index contributed by atoms with van der Waals surface area (Å²) >= 11 is 0. The van der Waals surface area contributed by atoms with Crippen molar-refractivity contribution in [2.45, 2.75) is 104 Å². The van der Waals surface area contributed by atoms with Crippen LogP contribution in [0.2, 0.25) is 0 Å². The normalized spacial score (nSPS) is 15.3. The first-order chi connectivity index (χ1) is 32.8. The molecule has 2 saturated heterocycles. The Morgan fingerprint density at radius 3 is 1.31 bits per heavy atom. The molecule has 68 heavy (non-hydrogen) atoms. The Labute approximate surface area is 397 Å². The third-order valence-corrected chi connectivity index (χ3v) is 12.4. The molecule has 2 fully saturated rings. The first kappa shape index (κ1) is 48.3. The van der Waals surface area contributed by atoms with Gasteiger partial charge in [-0.3, -0.25) is 9.80 Å². The molecule has 0 unspecified atom stereocenters. The van der Waals surface area contributed by atoms with Crippen LogP contribution in [0.5, 0.6) is 12.0 Å². The molecule has 2 aromatic carbocycles. The van der Waals surface area contributed by atoms with Crippen LogP contribution in [0, 0.1) is 0 Å². The molecule has 364 valence electrons. The number of benzene rings is 2. The maximum absolute atomic E-state index is 14.3. The Hall–Kier alpha value is -6.15. The summed E-state index contributed by atoms with van der Waals surface area (Å²) in [5.41, 5.74) is 16.2. The maximum atomic E-state index is 14.3. The summed E-state index contributed by atoms with van der Waals surface area (Å²) in [6, 6.07) is 17.1. The van der Waals surface area contributed by atoms with E-state index in [-0.39, 0.29) is 36.9 Å². The summed E-state index contributed by atoms with van der Waals surface area (Å²) in [6.45, 7) is 14.8. The summed E-state index contributed by atoms with van der Waals surface area (Å²) in [7, 11) is 3.18. The van der Waals surface area contributed by atoms with Gasteiger partial charge in [-0.15, -0.1) is 0 Å².